The number of aromatic nitrogens is 2. The van der Waals surface area contributed by atoms with Crippen LogP contribution in [-0.2, 0) is 6.54 Å². The number of guanidine groups is 1. The van der Waals surface area contributed by atoms with Crippen LogP contribution in [0.15, 0.2) is 41.7 Å². The summed E-state index contributed by atoms with van der Waals surface area (Å²) in [6.07, 6.45) is 3.56. The van der Waals surface area contributed by atoms with Crippen LogP contribution in [0.2, 0.25) is 0 Å². The van der Waals surface area contributed by atoms with Gasteiger partial charge in [0.2, 0.25) is 5.95 Å². The van der Waals surface area contributed by atoms with Crippen molar-refractivity contribution in [3.8, 4) is 11.5 Å². The number of rotatable bonds is 6. The molecule has 1 aromatic carbocycles. The van der Waals surface area contributed by atoms with Crippen molar-refractivity contribution in [3.05, 3.63) is 42.2 Å². The van der Waals surface area contributed by atoms with Crippen LogP contribution in [0.5, 0.6) is 11.5 Å². The van der Waals surface area contributed by atoms with Crippen LogP contribution in [0.3, 0.4) is 0 Å². The summed E-state index contributed by atoms with van der Waals surface area (Å²) in [5.74, 6) is 3.15. The summed E-state index contributed by atoms with van der Waals surface area (Å²) in [7, 11) is 3.28. The van der Waals surface area contributed by atoms with Gasteiger partial charge in [-0.05, 0) is 30.7 Å². The number of aliphatic imine (C=N–C) groups is 1. The molecule has 1 aromatic heterocycles. The second-order valence-corrected chi connectivity index (χ2v) is 6.38. The first-order chi connectivity index (χ1) is 13.7. The van der Waals surface area contributed by atoms with Gasteiger partial charge in [-0.3, -0.25) is 0 Å². The Morgan fingerprint density at radius 3 is 2.43 bits per heavy atom. The third-order valence-electron chi connectivity index (χ3n) is 4.61. The van der Waals surface area contributed by atoms with Crippen LogP contribution in [0.4, 0.5) is 5.95 Å². The predicted octanol–water partition coefficient (Wildman–Crippen LogP) is 1.78. The van der Waals surface area contributed by atoms with E-state index in [0.717, 1.165) is 61.7 Å². The highest BCUT2D eigenvalue weighted by Gasteiger charge is 2.21. The van der Waals surface area contributed by atoms with Gasteiger partial charge >= 0.3 is 0 Å². The zero-order valence-electron chi connectivity index (χ0n) is 16.8. The normalized spacial score (nSPS) is 14.8. The summed E-state index contributed by atoms with van der Waals surface area (Å²) >= 11 is 0. The lowest BCUT2D eigenvalue weighted by Crippen LogP contribution is -2.52. The van der Waals surface area contributed by atoms with Gasteiger partial charge in [0.15, 0.2) is 17.5 Å². The van der Waals surface area contributed by atoms with Crippen molar-refractivity contribution in [1.29, 1.82) is 0 Å². The summed E-state index contributed by atoms with van der Waals surface area (Å²) < 4.78 is 10.7. The lowest BCUT2D eigenvalue weighted by molar-refractivity contribution is 0.354. The summed E-state index contributed by atoms with van der Waals surface area (Å²) in [4.78, 5) is 18.0. The number of hydrogen-bond donors (Lipinski definition) is 1. The number of anilines is 1. The lowest BCUT2D eigenvalue weighted by atomic mass is 10.2. The van der Waals surface area contributed by atoms with E-state index in [0.29, 0.717) is 6.54 Å². The van der Waals surface area contributed by atoms with Gasteiger partial charge in [0.1, 0.15) is 0 Å². The molecule has 0 amide bonds. The smallest absolute Gasteiger partial charge is 0.225 e. The molecule has 1 N–H and O–H groups in total. The minimum absolute atomic E-state index is 0.574. The van der Waals surface area contributed by atoms with Crippen molar-refractivity contribution in [2.24, 2.45) is 4.99 Å². The molecule has 0 bridgehead atoms. The fraction of sp³-hybridized carbons (Fsp3) is 0.450. The average Bonchev–Trinajstić information content (AvgIpc) is 2.77. The van der Waals surface area contributed by atoms with Crippen molar-refractivity contribution in [3.63, 3.8) is 0 Å². The van der Waals surface area contributed by atoms with Crippen LogP contribution in [0, 0.1) is 0 Å². The molecule has 150 valence electrons. The van der Waals surface area contributed by atoms with Crippen molar-refractivity contribution in [2.75, 3.05) is 51.8 Å². The number of benzene rings is 1. The largest absolute Gasteiger partial charge is 0.493 e. The molecule has 0 saturated carbocycles. The Bertz CT molecular complexity index is 776. The third-order valence-corrected chi connectivity index (χ3v) is 4.61. The first-order valence-electron chi connectivity index (χ1n) is 9.51. The molecule has 3 rings (SSSR count). The zero-order chi connectivity index (χ0) is 19.8. The summed E-state index contributed by atoms with van der Waals surface area (Å²) in [6.45, 7) is 6.96. The molecule has 8 heteroatoms. The highest BCUT2D eigenvalue weighted by Crippen LogP contribution is 2.27. The molecule has 8 nitrogen and oxygen atoms in total. The van der Waals surface area contributed by atoms with Crippen LogP contribution in [-0.4, -0.2) is 67.8 Å². The van der Waals surface area contributed by atoms with E-state index in [1.807, 2.05) is 24.3 Å². The fourth-order valence-corrected chi connectivity index (χ4v) is 3.14. The Hall–Kier alpha value is -3.03. The van der Waals surface area contributed by atoms with Gasteiger partial charge in [-0.1, -0.05) is 6.07 Å². The van der Waals surface area contributed by atoms with Crippen LogP contribution in [0.1, 0.15) is 12.5 Å². The maximum atomic E-state index is 5.38. The molecule has 1 saturated heterocycles. The molecule has 1 aliphatic heterocycles. The van der Waals surface area contributed by atoms with E-state index in [9.17, 15) is 0 Å². The molecule has 0 atom stereocenters. The van der Waals surface area contributed by atoms with Gasteiger partial charge in [0.05, 0.1) is 20.8 Å². The molecule has 28 heavy (non-hydrogen) atoms. The summed E-state index contributed by atoms with van der Waals surface area (Å²) in [5.41, 5.74) is 1.07. The van der Waals surface area contributed by atoms with Gasteiger partial charge in [0, 0.05) is 45.1 Å². The Morgan fingerprint density at radius 1 is 1.07 bits per heavy atom. The van der Waals surface area contributed by atoms with E-state index >= 15 is 0 Å². The van der Waals surface area contributed by atoms with E-state index in [1.165, 1.54) is 0 Å². The van der Waals surface area contributed by atoms with Gasteiger partial charge in [-0.25, -0.2) is 15.0 Å². The fourth-order valence-electron chi connectivity index (χ4n) is 3.14. The van der Waals surface area contributed by atoms with E-state index in [-0.39, 0.29) is 0 Å². The van der Waals surface area contributed by atoms with E-state index in [4.69, 9.17) is 14.5 Å². The highest BCUT2D eigenvalue weighted by atomic mass is 16.5. The SMILES string of the molecule is CCNC(=NCc1ccc(OC)c(OC)c1)N1CCN(c2ncccn2)CC1. The highest BCUT2D eigenvalue weighted by molar-refractivity contribution is 5.80. The maximum absolute atomic E-state index is 5.38. The molecule has 2 heterocycles. The lowest BCUT2D eigenvalue weighted by Gasteiger charge is -2.36. The Morgan fingerprint density at radius 2 is 1.79 bits per heavy atom. The number of ether oxygens (including phenoxy) is 2. The molecular formula is C20H28N6O2. The van der Waals surface area contributed by atoms with Gasteiger partial charge in [-0.15, -0.1) is 0 Å². The van der Waals surface area contributed by atoms with Crippen LogP contribution < -0.4 is 19.7 Å². The van der Waals surface area contributed by atoms with Crippen LogP contribution in [0.25, 0.3) is 0 Å². The minimum Gasteiger partial charge on any atom is -0.493 e. The third kappa shape index (κ3) is 4.82. The summed E-state index contributed by atoms with van der Waals surface area (Å²) in [6, 6.07) is 7.73. The van der Waals surface area contributed by atoms with Gasteiger partial charge in [-0.2, -0.15) is 0 Å². The molecule has 0 aliphatic carbocycles. The van der Waals surface area contributed by atoms with E-state index in [2.05, 4.69) is 32.0 Å². The average molecular weight is 384 g/mol. The maximum Gasteiger partial charge on any atom is 0.225 e. The topological polar surface area (TPSA) is 75.1 Å². The molecule has 2 aromatic rings. The number of piperazine rings is 1. The van der Waals surface area contributed by atoms with Crippen molar-refractivity contribution in [2.45, 2.75) is 13.5 Å². The van der Waals surface area contributed by atoms with Gasteiger partial charge in [0.25, 0.3) is 0 Å². The van der Waals surface area contributed by atoms with Crippen molar-refractivity contribution < 1.29 is 9.47 Å². The zero-order valence-corrected chi connectivity index (χ0v) is 16.8. The number of methoxy groups -OCH3 is 2. The van der Waals surface area contributed by atoms with Crippen LogP contribution >= 0.6 is 0 Å². The second kappa shape index (κ2) is 9.77. The molecule has 1 aliphatic rings. The van der Waals surface area contributed by atoms with Crippen molar-refractivity contribution >= 4 is 11.9 Å². The molecule has 1 fully saturated rings. The molecule has 0 unspecified atom stereocenters. The first-order valence-corrected chi connectivity index (χ1v) is 9.51. The predicted molar refractivity (Wildman–Crippen MR) is 110 cm³/mol. The Balaban J connectivity index is 1.65. The Labute approximate surface area is 166 Å². The first kappa shape index (κ1) is 19.7. The second-order valence-electron chi connectivity index (χ2n) is 6.38. The molecule has 0 radical (unpaired) electrons. The minimum atomic E-state index is 0.574. The van der Waals surface area contributed by atoms with Gasteiger partial charge < -0.3 is 24.6 Å². The number of nitrogens with one attached hydrogen (secondary N) is 1. The standard InChI is InChI=1S/C20H28N6O2/c1-4-21-19(24-15-16-6-7-17(27-2)18(14-16)28-3)25-10-12-26(13-11-25)20-22-8-5-9-23-20/h5-9,14H,4,10-13,15H2,1-3H3,(H,21,24). The number of nitrogens with zero attached hydrogens (tertiary/aromatic N) is 5. The quantitative estimate of drug-likeness (QED) is 0.601. The van der Waals surface area contributed by atoms with Crippen molar-refractivity contribution in [1.82, 2.24) is 20.2 Å². The Kier molecular flexibility index (Phi) is 6.89. The number of hydrogen-bond acceptors (Lipinski definition) is 6. The van der Waals surface area contributed by atoms with E-state index < -0.39 is 0 Å². The monoisotopic (exact) mass is 384 g/mol. The summed E-state index contributed by atoms with van der Waals surface area (Å²) in [5, 5.41) is 3.40. The molecular weight excluding hydrogens is 356 g/mol. The molecule has 0 spiro atoms. The van der Waals surface area contributed by atoms with E-state index in [1.54, 1.807) is 26.6 Å².